The van der Waals surface area contributed by atoms with Crippen LogP contribution in [0.1, 0.15) is 44.9 Å². The summed E-state index contributed by atoms with van der Waals surface area (Å²) in [5.41, 5.74) is -5.36. The topological polar surface area (TPSA) is 87.7 Å². The number of sulfonamides is 1. The van der Waals surface area contributed by atoms with Gasteiger partial charge < -0.3 is 15.0 Å². The Morgan fingerprint density at radius 2 is 1.70 bits per heavy atom. The van der Waals surface area contributed by atoms with Crippen molar-refractivity contribution >= 4 is 33.3 Å². The first-order chi connectivity index (χ1) is 12.6. The largest absolute Gasteiger partial charge is 0.511 e. The molecule has 2 fully saturated rings. The van der Waals surface area contributed by atoms with Gasteiger partial charge in [0, 0.05) is 18.6 Å². The molecule has 27 heavy (non-hydrogen) atoms. The van der Waals surface area contributed by atoms with E-state index in [4.69, 9.17) is 17.0 Å². The SMILES string of the molecule is COC(=O)C1CCCCN1C(=S)N[C@H]1CCCC[C@@H]1NS(=O)(=O)C(F)(F)F. The number of carbonyl (C=O) groups excluding carboxylic acids is 1. The predicted molar refractivity (Wildman–Crippen MR) is 96.2 cm³/mol. The van der Waals surface area contributed by atoms with Crippen LogP contribution in [-0.4, -0.2) is 61.7 Å². The van der Waals surface area contributed by atoms with Gasteiger partial charge in [-0.1, -0.05) is 12.8 Å². The summed E-state index contributed by atoms with van der Waals surface area (Å²) in [6.07, 6.45) is 4.34. The molecule has 0 spiro atoms. The van der Waals surface area contributed by atoms with E-state index in [0.717, 1.165) is 19.3 Å². The molecule has 1 heterocycles. The summed E-state index contributed by atoms with van der Waals surface area (Å²) in [7, 11) is -4.15. The monoisotopic (exact) mass is 431 g/mol. The summed E-state index contributed by atoms with van der Waals surface area (Å²) in [5, 5.41) is 3.21. The van der Waals surface area contributed by atoms with E-state index >= 15 is 0 Å². The maximum atomic E-state index is 12.7. The highest BCUT2D eigenvalue weighted by molar-refractivity contribution is 7.90. The minimum atomic E-state index is -5.44. The van der Waals surface area contributed by atoms with Crippen molar-refractivity contribution in [3.05, 3.63) is 0 Å². The molecule has 1 aliphatic carbocycles. The first-order valence-electron chi connectivity index (χ1n) is 8.80. The zero-order chi connectivity index (χ0) is 20.2. The molecule has 0 bridgehead atoms. The van der Waals surface area contributed by atoms with Crippen LogP contribution in [0.3, 0.4) is 0 Å². The number of alkyl halides is 3. The average Bonchev–Trinajstić information content (AvgIpc) is 2.61. The van der Waals surface area contributed by atoms with E-state index in [9.17, 15) is 26.4 Å². The molecule has 3 atom stereocenters. The number of hydrogen-bond donors (Lipinski definition) is 2. The molecule has 2 rings (SSSR count). The molecule has 156 valence electrons. The van der Waals surface area contributed by atoms with Crippen LogP contribution in [0.25, 0.3) is 0 Å². The number of halogens is 3. The van der Waals surface area contributed by atoms with E-state index < -0.39 is 39.6 Å². The number of methoxy groups -OCH3 is 1. The lowest BCUT2D eigenvalue weighted by Gasteiger charge is -2.39. The van der Waals surface area contributed by atoms with Crippen molar-refractivity contribution < 1.29 is 31.1 Å². The van der Waals surface area contributed by atoms with Gasteiger partial charge in [0.15, 0.2) is 5.11 Å². The lowest BCUT2D eigenvalue weighted by molar-refractivity contribution is -0.146. The molecule has 1 saturated heterocycles. The first kappa shape index (κ1) is 22.2. The Morgan fingerprint density at radius 3 is 2.30 bits per heavy atom. The van der Waals surface area contributed by atoms with Crippen molar-refractivity contribution in [3.63, 3.8) is 0 Å². The summed E-state index contributed by atoms with van der Waals surface area (Å²) in [6, 6.07) is -2.05. The van der Waals surface area contributed by atoms with Crippen LogP contribution >= 0.6 is 12.2 Å². The van der Waals surface area contributed by atoms with Crippen molar-refractivity contribution in [3.8, 4) is 0 Å². The minimum Gasteiger partial charge on any atom is -0.467 e. The fourth-order valence-corrected chi connectivity index (χ4v) is 4.69. The molecular formula is C15H24F3N3O4S2. The fourth-order valence-electron chi connectivity index (χ4n) is 3.51. The van der Waals surface area contributed by atoms with Crippen molar-refractivity contribution in [1.29, 1.82) is 0 Å². The van der Waals surface area contributed by atoms with E-state index in [-0.39, 0.29) is 11.5 Å². The van der Waals surface area contributed by atoms with Gasteiger partial charge in [0.2, 0.25) is 0 Å². The molecule has 0 amide bonds. The fraction of sp³-hybridized carbons (Fsp3) is 0.867. The van der Waals surface area contributed by atoms with Gasteiger partial charge in [-0.2, -0.15) is 13.2 Å². The first-order valence-corrected chi connectivity index (χ1v) is 10.7. The number of likely N-dealkylation sites (tertiary alicyclic amines) is 1. The summed E-state index contributed by atoms with van der Waals surface area (Å²) in [6.45, 7) is 0.525. The molecule has 1 unspecified atom stereocenters. The molecule has 7 nitrogen and oxygen atoms in total. The Bertz CT molecular complexity index is 657. The number of piperidine rings is 1. The average molecular weight is 432 g/mol. The van der Waals surface area contributed by atoms with Crippen LogP contribution in [0.2, 0.25) is 0 Å². The number of thiocarbonyl (C=S) groups is 1. The van der Waals surface area contributed by atoms with Gasteiger partial charge in [-0.15, -0.1) is 0 Å². The van der Waals surface area contributed by atoms with Gasteiger partial charge in [-0.05, 0) is 44.3 Å². The summed E-state index contributed by atoms with van der Waals surface area (Å²) in [5.74, 6) is -0.420. The van der Waals surface area contributed by atoms with Crippen molar-refractivity contribution in [2.45, 2.75) is 68.6 Å². The predicted octanol–water partition coefficient (Wildman–Crippen LogP) is 1.64. The van der Waals surface area contributed by atoms with Gasteiger partial charge in [-0.3, -0.25) is 0 Å². The van der Waals surface area contributed by atoms with Gasteiger partial charge in [0.05, 0.1) is 7.11 Å². The van der Waals surface area contributed by atoms with Crippen LogP contribution in [0.5, 0.6) is 0 Å². The van der Waals surface area contributed by atoms with Crippen molar-refractivity contribution in [2.24, 2.45) is 0 Å². The second kappa shape index (κ2) is 8.91. The quantitative estimate of drug-likeness (QED) is 0.517. The van der Waals surface area contributed by atoms with Crippen LogP contribution < -0.4 is 10.0 Å². The van der Waals surface area contributed by atoms with Gasteiger partial charge in [0.1, 0.15) is 6.04 Å². The third-order valence-electron chi connectivity index (χ3n) is 4.92. The molecular weight excluding hydrogens is 407 g/mol. The Kier molecular flexibility index (Phi) is 7.31. The smallest absolute Gasteiger partial charge is 0.467 e. The molecule has 2 N–H and O–H groups in total. The van der Waals surface area contributed by atoms with E-state index in [0.29, 0.717) is 25.8 Å². The van der Waals surface area contributed by atoms with Gasteiger partial charge in [0.25, 0.3) is 0 Å². The summed E-state index contributed by atoms with van der Waals surface area (Å²) in [4.78, 5) is 13.6. The van der Waals surface area contributed by atoms with Crippen LogP contribution in [0, 0.1) is 0 Å². The van der Waals surface area contributed by atoms with Gasteiger partial charge in [-0.25, -0.2) is 17.9 Å². The maximum Gasteiger partial charge on any atom is 0.511 e. The highest BCUT2D eigenvalue weighted by Crippen LogP contribution is 2.26. The van der Waals surface area contributed by atoms with E-state index in [1.807, 2.05) is 0 Å². The second-order valence-electron chi connectivity index (χ2n) is 6.74. The molecule has 1 aliphatic heterocycles. The van der Waals surface area contributed by atoms with E-state index in [1.165, 1.54) is 7.11 Å². The normalized spacial score (nSPS) is 27.1. The molecule has 0 aromatic carbocycles. The number of ether oxygens (including phenoxy) is 1. The van der Waals surface area contributed by atoms with Crippen molar-refractivity contribution in [2.75, 3.05) is 13.7 Å². The highest BCUT2D eigenvalue weighted by atomic mass is 32.2. The van der Waals surface area contributed by atoms with E-state index in [1.54, 1.807) is 9.62 Å². The Morgan fingerprint density at radius 1 is 1.11 bits per heavy atom. The number of nitrogens with zero attached hydrogens (tertiary/aromatic N) is 1. The molecule has 1 saturated carbocycles. The summed E-state index contributed by atoms with van der Waals surface area (Å²) >= 11 is 5.37. The van der Waals surface area contributed by atoms with Gasteiger partial charge >= 0.3 is 21.5 Å². The lowest BCUT2D eigenvalue weighted by Crippen LogP contribution is -2.59. The number of hydrogen-bond acceptors (Lipinski definition) is 5. The lowest BCUT2D eigenvalue weighted by atomic mass is 9.91. The Balaban J connectivity index is 2.08. The minimum absolute atomic E-state index is 0.230. The molecule has 12 heteroatoms. The van der Waals surface area contributed by atoms with Crippen LogP contribution in [0.15, 0.2) is 0 Å². The van der Waals surface area contributed by atoms with Crippen LogP contribution in [0.4, 0.5) is 13.2 Å². The second-order valence-corrected chi connectivity index (χ2v) is 8.83. The zero-order valence-corrected chi connectivity index (χ0v) is 16.6. The Labute approximate surface area is 162 Å². The molecule has 0 aromatic heterocycles. The number of carbonyl (C=O) groups is 1. The molecule has 0 radical (unpaired) electrons. The molecule has 0 aromatic rings. The summed E-state index contributed by atoms with van der Waals surface area (Å²) < 4.78 is 67.6. The number of esters is 1. The highest BCUT2D eigenvalue weighted by Gasteiger charge is 2.48. The van der Waals surface area contributed by atoms with Crippen molar-refractivity contribution in [1.82, 2.24) is 14.9 Å². The Hall–Kier alpha value is -1.14. The standard InChI is InChI=1S/C15H24F3N3O4S2/c1-25-13(22)12-8-4-5-9-21(12)14(26)19-10-6-2-3-7-11(10)20-27(23,24)15(16,17)18/h10-12,20H,2-9H2,1H3,(H,19,26)/t10-,11-,12?/m0/s1. The number of nitrogens with one attached hydrogen (secondary N) is 2. The van der Waals surface area contributed by atoms with Crippen LogP contribution in [-0.2, 0) is 19.6 Å². The molecule has 2 aliphatic rings. The third-order valence-corrected chi connectivity index (χ3v) is 6.50. The maximum absolute atomic E-state index is 12.7. The van der Waals surface area contributed by atoms with E-state index in [2.05, 4.69) is 5.32 Å². The third kappa shape index (κ3) is 5.44. The zero-order valence-electron chi connectivity index (χ0n) is 14.9. The number of rotatable bonds is 4.